The molecule has 0 fully saturated rings. The molecule has 70 heavy (non-hydrogen) atoms. The molecule has 2 heterocycles. The maximum absolute atomic E-state index is 7.18. The number of fused-ring (bicyclic) bond motifs is 9. The molecule has 0 unspecified atom stereocenters. The molecule has 1 aliphatic rings. The van der Waals surface area contributed by atoms with Gasteiger partial charge in [0, 0.05) is 44.2 Å². The van der Waals surface area contributed by atoms with Gasteiger partial charge in [0.05, 0.1) is 5.41 Å². The van der Waals surface area contributed by atoms with Gasteiger partial charge >= 0.3 is 0 Å². The lowest BCUT2D eigenvalue weighted by molar-refractivity contribution is 0.664. The van der Waals surface area contributed by atoms with Crippen LogP contribution in [0.2, 0.25) is 0 Å². The summed E-state index contributed by atoms with van der Waals surface area (Å²) < 4.78 is 14.0. The van der Waals surface area contributed by atoms with Crippen LogP contribution in [0.5, 0.6) is 0 Å². The molecule has 11 aromatic carbocycles. The van der Waals surface area contributed by atoms with Crippen LogP contribution in [0.3, 0.4) is 0 Å². The maximum Gasteiger partial charge on any atom is 0.144 e. The van der Waals surface area contributed by atoms with Crippen molar-refractivity contribution in [1.82, 2.24) is 0 Å². The summed E-state index contributed by atoms with van der Waals surface area (Å²) in [6.07, 6.45) is 0. The van der Waals surface area contributed by atoms with Gasteiger partial charge in [0.2, 0.25) is 0 Å². The van der Waals surface area contributed by atoms with Gasteiger partial charge in [0.15, 0.2) is 0 Å². The average molecular weight is 894 g/mol. The quantitative estimate of drug-likeness (QED) is 0.152. The van der Waals surface area contributed by atoms with Gasteiger partial charge in [-0.3, -0.25) is 0 Å². The van der Waals surface area contributed by atoms with Gasteiger partial charge in [-0.15, -0.1) is 0 Å². The Bertz CT molecular complexity index is 3960. The topological polar surface area (TPSA) is 29.5 Å². The Morgan fingerprint density at radius 1 is 0.300 bits per heavy atom. The molecule has 13 aromatic rings. The third kappa shape index (κ3) is 6.15. The van der Waals surface area contributed by atoms with E-state index in [0.29, 0.717) is 0 Å². The van der Waals surface area contributed by atoms with Crippen LogP contribution in [-0.2, 0) is 5.41 Å². The van der Waals surface area contributed by atoms with E-state index in [9.17, 15) is 0 Å². The molecular weight excluding hydrogens is 851 g/mol. The predicted octanol–water partition coefficient (Wildman–Crippen LogP) is 18.3. The summed E-state index contributed by atoms with van der Waals surface area (Å²) >= 11 is 0. The molecule has 2 aromatic heterocycles. The highest BCUT2D eigenvalue weighted by Gasteiger charge is 2.46. The number of hydrogen-bond acceptors (Lipinski definition) is 3. The molecular formula is C67H43NO2. The molecule has 0 aliphatic heterocycles. The number of benzene rings is 11. The second-order valence-corrected chi connectivity index (χ2v) is 18.3. The molecule has 3 heteroatoms. The van der Waals surface area contributed by atoms with E-state index in [-0.39, 0.29) is 0 Å². The number of rotatable bonds is 8. The van der Waals surface area contributed by atoms with Crippen LogP contribution in [0.4, 0.5) is 17.1 Å². The third-order valence-electron chi connectivity index (χ3n) is 14.6. The van der Waals surface area contributed by atoms with Crippen molar-refractivity contribution in [3.63, 3.8) is 0 Å². The SMILES string of the molecule is c1ccc(-c2ccc(N(c3ccc(-c4ccccc4)cc3)c3ccc4oc5c(-c6ccc7c(c6)C(c6ccccc6)(c6ccccc6)c6ccccc6-7)c6c(cc5c4c3)oc3ccccc36)cc2)cc1. The van der Waals surface area contributed by atoms with Crippen LogP contribution in [0.1, 0.15) is 22.3 Å². The van der Waals surface area contributed by atoms with Crippen molar-refractivity contribution in [3.8, 4) is 44.5 Å². The molecule has 1 aliphatic carbocycles. The Morgan fingerprint density at radius 3 is 1.44 bits per heavy atom. The molecule has 0 radical (unpaired) electrons. The third-order valence-corrected chi connectivity index (χ3v) is 14.6. The average Bonchev–Trinajstić information content (AvgIpc) is 4.09. The second kappa shape index (κ2) is 16.0. The number of para-hydroxylation sites is 1. The van der Waals surface area contributed by atoms with Crippen LogP contribution in [-0.4, -0.2) is 0 Å². The predicted molar refractivity (Wildman–Crippen MR) is 289 cm³/mol. The van der Waals surface area contributed by atoms with Crippen molar-refractivity contribution in [2.75, 3.05) is 4.90 Å². The fraction of sp³-hybridized carbons (Fsp3) is 0.0149. The van der Waals surface area contributed by atoms with Crippen LogP contribution in [0, 0.1) is 0 Å². The molecule has 3 nitrogen and oxygen atoms in total. The van der Waals surface area contributed by atoms with Gasteiger partial charge in [-0.25, -0.2) is 0 Å². The first-order chi connectivity index (χ1) is 34.7. The Hall–Kier alpha value is -9.18. The highest BCUT2D eigenvalue weighted by Crippen LogP contribution is 2.57. The Balaban J connectivity index is 0.994. The number of anilines is 3. The summed E-state index contributed by atoms with van der Waals surface area (Å²) in [5.41, 5.74) is 20.1. The fourth-order valence-electron chi connectivity index (χ4n) is 11.4. The van der Waals surface area contributed by atoms with E-state index in [0.717, 1.165) is 72.1 Å². The minimum Gasteiger partial charge on any atom is -0.456 e. The molecule has 0 N–H and O–H groups in total. The highest BCUT2D eigenvalue weighted by molar-refractivity contribution is 6.24. The summed E-state index contributed by atoms with van der Waals surface area (Å²) in [6.45, 7) is 0. The van der Waals surface area contributed by atoms with Crippen molar-refractivity contribution in [3.05, 3.63) is 283 Å². The van der Waals surface area contributed by atoms with Crippen molar-refractivity contribution in [2.24, 2.45) is 0 Å². The number of nitrogens with zero attached hydrogens (tertiary/aromatic N) is 1. The van der Waals surface area contributed by atoms with Crippen LogP contribution < -0.4 is 4.90 Å². The van der Waals surface area contributed by atoms with E-state index in [2.05, 4.69) is 260 Å². The first kappa shape index (κ1) is 39.9. The smallest absolute Gasteiger partial charge is 0.144 e. The fourth-order valence-corrected chi connectivity index (χ4v) is 11.4. The molecule has 0 amide bonds. The van der Waals surface area contributed by atoms with Crippen LogP contribution in [0.25, 0.3) is 88.4 Å². The molecule has 0 atom stereocenters. The Morgan fingerprint density at radius 2 is 0.800 bits per heavy atom. The highest BCUT2D eigenvalue weighted by atomic mass is 16.3. The van der Waals surface area contributed by atoms with E-state index in [1.807, 2.05) is 6.07 Å². The summed E-state index contributed by atoms with van der Waals surface area (Å²) in [4.78, 5) is 2.34. The lowest BCUT2D eigenvalue weighted by Gasteiger charge is -2.34. The first-order valence-electron chi connectivity index (χ1n) is 24.0. The summed E-state index contributed by atoms with van der Waals surface area (Å²) in [6, 6.07) is 94.0. The van der Waals surface area contributed by atoms with Gasteiger partial charge in [0.1, 0.15) is 22.3 Å². The van der Waals surface area contributed by atoms with E-state index in [4.69, 9.17) is 8.83 Å². The van der Waals surface area contributed by atoms with Gasteiger partial charge < -0.3 is 13.7 Å². The zero-order valence-electron chi connectivity index (χ0n) is 38.1. The number of furan rings is 2. The Labute approximate surface area is 405 Å². The van der Waals surface area contributed by atoms with Crippen molar-refractivity contribution in [2.45, 2.75) is 5.41 Å². The lowest BCUT2D eigenvalue weighted by atomic mass is 9.67. The number of hydrogen-bond donors (Lipinski definition) is 0. The minimum atomic E-state index is -0.555. The summed E-state index contributed by atoms with van der Waals surface area (Å²) in [5.74, 6) is 0. The lowest BCUT2D eigenvalue weighted by Crippen LogP contribution is -2.28. The van der Waals surface area contributed by atoms with E-state index >= 15 is 0 Å². The van der Waals surface area contributed by atoms with Crippen molar-refractivity contribution in [1.29, 1.82) is 0 Å². The van der Waals surface area contributed by atoms with Crippen molar-refractivity contribution < 1.29 is 8.83 Å². The van der Waals surface area contributed by atoms with Crippen LogP contribution >= 0.6 is 0 Å². The van der Waals surface area contributed by atoms with Gasteiger partial charge in [-0.2, -0.15) is 0 Å². The van der Waals surface area contributed by atoms with E-state index < -0.39 is 5.41 Å². The maximum atomic E-state index is 7.18. The van der Waals surface area contributed by atoms with Crippen LogP contribution in [0.15, 0.2) is 270 Å². The van der Waals surface area contributed by atoms with Gasteiger partial charge in [-0.05, 0) is 122 Å². The van der Waals surface area contributed by atoms with Crippen molar-refractivity contribution >= 4 is 60.9 Å². The first-order valence-corrected chi connectivity index (χ1v) is 24.0. The van der Waals surface area contributed by atoms with E-state index in [1.165, 1.54) is 55.6 Å². The molecule has 328 valence electrons. The molecule has 0 spiro atoms. The minimum absolute atomic E-state index is 0.555. The normalized spacial score (nSPS) is 12.7. The summed E-state index contributed by atoms with van der Waals surface area (Å²) in [7, 11) is 0. The summed E-state index contributed by atoms with van der Waals surface area (Å²) in [5, 5.41) is 4.11. The molecule has 0 saturated carbocycles. The zero-order chi connectivity index (χ0) is 46.2. The standard InChI is InChI=1S/C67H43NO2/c1-5-17-44(18-6-1)46-29-34-51(35-30-46)68(52-36-31-47(32-37-52)45-19-7-2-8-20-45)53-38-40-62-57(42-53)58-43-63-65(56-26-14-16-28-61(56)69-63)64(66(58)70-62)48-33-39-55-54-25-13-15-27-59(54)67(60(55)41-48,49-21-9-3-10-22-49)50-23-11-4-12-24-50/h1-43H. The second-order valence-electron chi connectivity index (χ2n) is 18.3. The molecule has 0 saturated heterocycles. The largest absolute Gasteiger partial charge is 0.456 e. The molecule has 0 bridgehead atoms. The Kier molecular flexibility index (Phi) is 9.11. The zero-order valence-corrected chi connectivity index (χ0v) is 38.1. The van der Waals surface area contributed by atoms with Gasteiger partial charge in [0.25, 0.3) is 0 Å². The monoisotopic (exact) mass is 893 g/mol. The van der Waals surface area contributed by atoms with Gasteiger partial charge in [-0.1, -0.05) is 200 Å². The van der Waals surface area contributed by atoms with E-state index in [1.54, 1.807) is 0 Å². The molecule has 14 rings (SSSR count).